The normalized spacial score (nSPS) is 21.8. The van der Waals surface area contributed by atoms with Crippen molar-refractivity contribution >= 4 is 5.91 Å². The van der Waals surface area contributed by atoms with Gasteiger partial charge in [-0.05, 0) is 23.1 Å². The van der Waals surface area contributed by atoms with Crippen molar-refractivity contribution in [2.45, 2.75) is 31.7 Å². The summed E-state index contributed by atoms with van der Waals surface area (Å²) < 4.78 is 0. The van der Waals surface area contributed by atoms with Crippen molar-refractivity contribution in [2.75, 3.05) is 0 Å². The maximum Gasteiger partial charge on any atom is 0.220 e. The molecule has 0 radical (unpaired) electrons. The highest BCUT2D eigenvalue weighted by molar-refractivity contribution is 5.80. The first-order valence-electron chi connectivity index (χ1n) is 7.22. The van der Waals surface area contributed by atoms with Crippen LogP contribution in [0.4, 0.5) is 0 Å². The number of nitrogens with one attached hydrogen (secondary N) is 1. The van der Waals surface area contributed by atoms with E-state index in [2.05, 4.69) is 60.8 Å². The molecule has 2 nitrogen and oxygen atoms in total. The van der Waals surface area contributed by atoms with Gasteiger partial charge in [-0.15, -0.1) is 0 Å². The Bertz CT molecular complexity index is 589. The number of rotatable bonds is 3. The molecule has 1 N–H and O–H groups in total. The fourth-order valence-electron chi connectivity index (χ4n) is 3.00. The number of carbonyl (C=O) groups excluding carboxylic acids is 1. The molecule has 3 rings (SSSR count). The number of hydrogen-bond acceptors (Lipinski definition) is 1. The minimum Gasteiger partial charge on any atom is -0.353 e. The Balaban J connectivity index is 1.85. The van der Waals surface area contributed by atoms with Gasteiger partial charge in [0.15, 0.2) is 0 Å². The zero-order valence-electron chi connectivity index (χ0n) is 11.7. The predicted molar refractivity (Wildman–Crippen MR) is 81.5 cm³/mol. The van der Waals surface area contributed by atoms with Crippen molar-refractivity contribution in [2.24, 2.45) is 0 Å². The Kier molecular flexibility index (Phi) is 3.55. The molecule has 0 spiro atoms. The molecule has 2 heteroatoms. The lowest BCUT2D eigenvalue weighted by atomic mass is 9.89. The fourth-order valence-corrected chi connectivity index (χ4v) is 3.00. The molecule has 1 aliphatic heterocycles. The van der Waals surface area contributed by atoms with Crippen LogP contribution in [0.2, 0.25) is 0 Å². The summed E-state index contributed by atoms with van der Waals surface area (Å²) in [6.45, 7) is 2.13. The molecule has 0 saturated carbocycles. The maximum absolute atomic E-state index is 11.6. The van der Waals surface area contributed by atoms with Gasteiger partial charge in [-0.25, -0.2) is 0 Å². The molecule has 1 fully saturated rings. The molecule has 2 atom stereocenters. The van der Waals surface area contributed by atoms with Crippen molar-refractivity contribution in [1.82, 2.24) is 5.32 Å². The topological polar surface area (TPSA) is 29.1 Å². The Labute approximate surface area is 119 Å². The molecule has 0 bridgehead atoms. The van der Waals surface area contributed by atoms with Crippen LogP contribution in [-0.4, -0.2) is 11.9 Å². The molecule has 2 aromatic rings. The summed E-state index contributed by atoms with van der Waals surface area (Å²) >= 11 is 0. The van der Waals surface area contributed by atoms with Crippen LogP contribution in [0.5, 0.6) is 0 Å². The highest BCUT2D eigenvalue weighted by atomic mass is 16.2. The summed E-state index contributed by atoms with van der Waals surface area (Å²) in [5.74, 6) is 0.492. The quantitative estimate of drug-likeness (QED) is 0.900. The molecule has 2 aromatic carbocycles. The largest absolute Gasteiger partial charge is 0.353 e. The fraction of sp³-hybridized carbons (Fsp3) is 0.278. The van der Waals surface area contributed by atoms with E-state index >= 15 is 0 Å². The number of carbonyl (C=O) groups is 1. The van der Waals surface area contributed by atoms with Gasteiger partial charge in [0.05, 0.1) is 0 Å². The van der Waals surface area contributed by atoms with E-state index in [9.17, 15) is 4.79 Å². The molecule has 20 heavy (non-hydrogen) atoms. The van der Waals surface area contributed by atoms with Crippen molar-refractivity contribution in [3.05, 3.63) is 60.2 Å². The first-order valence-corrected chi connectivity index (χ1v) is 7.22. The summed E-state index contributed by atoms with van der Waals surface area (Å²) in [5, 5.41) is 3.06. The molecular formula is C18H19NO. The Morgan fingerprint density at radius 1 is 1.00 bits per heavy atom. The first-order chi connectivity index (χ1) is 9.78. The second kappa shape index (κ2) is 5.49. The highest BCUT2D eigenvalue weighted by Gasteiger charge is 2.31. The van der Waals surface area contributed by atoms with Crippen LogP contribution in [0.3, 0.4) is 0 Å². The molecule has 1 aliphatic rings. The van der Waals surface area contributed by atoms with E-state index in [1.165, 1.54) is 16.7 Å². The summed E-state index contributed by atoms with van der Waals surface area (Å²) in [7, 11) is 0. The van der Waals surface area contributed by atoms with Gasteiger partial charge in [-0.2, -0.15) is 0 Å². The van der Waals surface area contributed by atoms with Crippen molar-refractivity contribution in [1.29, 1.82) is 0 Å². The minimum absolute atomic E-state index is 0.175. The zero-order chi connectivity index (χ0) is 13.9. The molecule has 0 aliphatic carbocycles. The zero-order valence-corrected chi connectivity index (χ0v) is 11.7. The predicted octanol–water partition coefficient (Wildman–Crippen LogP) is 3.74. The van der Waals surface area contributed by atoms with Gasteiger partial charge in [0.1, 0.15) is 0 Å². The number of benzene rings is 2. The van der Waals surface area contributed by atoms with Gasteiger partial charge in [0.25, 0.3) is 0 Å². The van der Waals surface area contributed by atoms with Gasteiger partial charge in [-0.3, -0.25) is 4.79 Å². The summed E-state index contributed by atoms with van der Waals surface area (Å²) in [6, 6.07) is 19.3. The van der Waals surface area contributed by atoms with Gasteiger partial charge >= 0.3 is 0 Å². The molecule has 1 amide bonds. The van der Waals surface area contributed by atoms with Gasteiger partial charge < -0.3 is 5.32 Å². The van der Waals surface area contributed by atoms with Crippen molar-refractivity contribution in [3.63, 3.8) is 0 Å². The maximum atomic E-state index is 11.6. The van der Waals surface area contributed by atoms with Crippen LogP contribution >= 0.6 is 0 Å². The third-order valence-electron chi connectivity index (χ3n) is 4.12. The second-order valence-corrected chi connectivity index (χ2v) is 5.38. The lowest BCUT2D eigenvalue weighted by Gasteiger charge is -2.17. The number of amides is 1. The molecule has 0 aromatic heterocycles. The Hall–Kier alpha value is -2.09. The molecule has 2 unspecified atom stereocenters. The number of hydrogen-bond donors (Lipinski definition) is 1. The van der Waals surface area contributed by atoms with Gasteiger partial charge in [0, 0.05) is 18.4 Å². The minimum atomic E-state index is 0.175. The van der Waals surface area contributed by atoms with E-state index in [0.717, 1.165) is 6.42 Å². The van der Waals surface area contributed by atoms with Gasteiger partial charge in [-0.1, -0.05) is 61.5 Å². The Morgan fingerprint density at radius 2 is 1.65 bits per heavy atom. The van der Waals surface area contributed by atoms with E-state index in [1.807, 2.05) is 6.07 Å². The van der Waals surface area contributed by atoms with Gasteiger partial charge in [0.2, 0.25) is 5.91 Å². The average Bonchev–Trinajstić information content (AvgIpc) is 2.89. The van der Waals surface area contributed by atoms with Crippen molar-refractivity contribution < 1.29 is 4.79 Å². The molecular weight excluding hydrogens is 246 g/mol. The van der Waals surface area contributed by atoms with Crippen molar-refractivity contribution in [3.8, 4) is 11.1 Å². The Morgan fingerprint density at radius 3 is 2.30 bits per heavy atom. The van der Waals surface area contributed by atoms with Crippen LogP contribution in [0.15, 0.2) is 54.6 Å². The standard InChI is InChI=1S/C18H19NO/c1-2-17-16(12-18(20)19-17)15-10-8-14(9-11-15)13-6-4-3-5-7-13/h3-11,16-17H,2,12H2,1H3,(H,19,20). The van der Waals surface area contributed by atoms with Crippen LogP contribution in [0.1, 0.15) is 31.2 Å². The van der Waals surface area contributed by atoms with E-state index in [4.69, 9.17) is 0 Å². The lowest BCUT2D eigenvalue weighted by Crippen LogP contribution is -2.27. The molecule has 1 saturated heterocycles. The van der Waals surface area contributed by atoms with E-state index in [-0.39, 0.29) is 11.9 Å². The molecule has 102 valence electrons. The van der Waals surface area contributed by atoms with Crippen LogP contribution < -0.4 is 5.32 Å². The summed E-state index contributed by atoms with van der Waals surface area (Å²) in [5.41, 5.74) is 3.71. The average molecular weight is 265 g/mol. The third kappa shape index (κ3) is 2.46. The van der Waals surface area contributed by atoms with E-state index < -0.39 is 0 Å². The monoisotopic (exact) mass is 265 g/mol. The SMILES string of the molecule is CCC1NC(=O)CC1c1ccc(-c2ccccc2)cc1. The van der Waals surface area contributed by atoms with E-state index in [0.29, 0.717) is 12.3 Å². The summed E-state index contributed by atoms with van der Waals surface area (Å²) in [6.07, 6.45) is 1.60. The van der Waals surface area contributed by atoms with Crippen LogP contribution in [0.25, 0.3) is 11.1 Å². The smallest absolute Gasteiger partial charge is 0.220 e. The highest BCUT2D eigenvalue weighted by Crippen LogP contribution is 2.31. The molecule has 1 heterocycles. The lowest BCUT2D eigenvalue weighted by molar-refractivity contribution is -0.119. The second-order valence-electron chi connectivity index (χ2n) is 5.38. The third-order valence-corrected chi connectivity index (χ3v) is 4.12. The first kappa shape index (κ1) is 12.9. The van der Waals surface area contributed by atoms with Crippen LogP contribution in [0, 0.1) is 0 Å². The summed E-state index contributed by atoms with van der Waals surface area (Å²) in [4.78, 5) is 11.6. The van der Waals surface area contributed by atoms with E-state index in [1.54, 1.807) is 0 Å². The van der Waals surface area contributed by atoms with Crippen LogP contribution in [-0.2, 0) is 4.79 Å².